The van der Waals surface area contributed by atoms with Crippen LogP contribution in [0.2, 0.25) is 5.02 Å². The second-order valence-electron chi connectivity index (χ2n) is 4.59. The van der Waals surface area contributed by atoms with Crippen LogP contribution in [0.25, 0.3) is 0 Å². The van der Waals surface area contributed by atoms with E-state index in [4.69, 9.17) is 22.1 Å². The molecule has 2 rings (SSSR count). The zero-order valence-corrected chi connectivity index (χ0v) is 12.0. The maximum absolute atomic E-state index is 12.7. The summed E-state index contributed by atoms with van der Waals surface area (Å²) < 4.78 is 43.7. The summed E-state index contributed by atoms with van der Waals surface area (Å²) in [6.07, 6.45) is -4.51. The molecule has 1 aromatic carbocycles. The van der Waals surface area contributed by atoms with Gasteiger partial charge in [-0.15, -0.1) is 0 Å². The van der Waals surface area contributed by atoms with Crippen LogP contribution in [0.3, 0.4) is 0 Å². The number of rotatable bonds is 2. The van der Waals surface area contributed by atoms with Crippen LogP contribution in [-0.2, 0) is 6.18 Å². The van der Waals surface area contributed by atoms with Gasteiger partial charge in [0, 0.05) is 11.1 Å². The van der Waals surface area contributed by atoms with E-state index in [0.717, 1.165) is 12.1 Å². The summed E-state index contributed by atoms with van der Waals surface area (Å²) >= 11 is 5.90. The molecule has 0 aliphatic carbocycles. The van der Waals surface area contributed by atoms with Crippen LogP contribution in [0.1, 0.15) is 16.7 Å². The van der Waals surface area contributed by atoms with Crippen molar-refractivity contribution in [3.63, 3.8) is 0 Å². The smallest absolute Gasteiger partial charge is 0.416 e. The van der Waals surface area contributed by atoms with Gasteiger partial charge in [0.1, 0.15) is 11.6 Å². The number of aryl methyl sites for hydroxylation is 2. The number of hydrogen-bond donors (Lipinski definition) is 1. The van der Waals surface area contributed by atoms with E-state index in [9.17, 15) is 13.2 Å². The van der Waals surface area contributed by atoms with E-state index in [0.29, 0.717) is 21.9 Å². The van der Waals surface area contributed by atoms with Crippen molar-refractivity contribution in [3.05, 3.63) is 46.0 Å². The van der Waals surface area contributed by atoms with Gasteiger partial charge in [0.25, 0.3) is 0 Å². The molecule has 3 nitrogen and oxygen atoms in total. The predicted octanol–water partition coefficient (Wildman–Crippen LogP) is 4.75. The standard InChI is InChI=1S/C14H12ClF3N2O/c1-7-3-10(15)4-8(2)13(7)21-12-6-9(14(16,17)18)5-11(19)20-12/h3-6H,1-2H3,(H2,19,20). The molecule has 21 heavy (non-hydrogen) atoms. The highest BCUT2D eigenvalue weighted by Crippen LogP contribution is 2.35. The van der Waals surface area contributed by atoms with Crippen LogP contribution in [0.5, 0.6) is 11.6 Å². The lowest BCUT2D eigenvalue weighted by molar-refractivity contribution is -0.137. The zero-order valence-electron chi connectivity index (χ0n) is 11.3. The van der Waals surface area contributed by atoms with Gasteiger partial charge in [0.2, 0.25) is 5.88 Å². The average molecular weight is 317 g/mol. The zero-order chi connectivity index (χ0) is 15.8. The number of anilines is 1. The van der Waals surface area contributed by atoms with Crippen molar-refractivity contribution in [2.24, 2.45) is 0 Å². The van der Waals surface area contributed by atoms with Gasteiger partial charge in [-0.25, -0.2) is 0 Å². The number of halogens is 4. The van der Waals surface area contributed by atoms with Crippen LogP contribution < -0.4 is 10.5 Å². The lowest BCUT2D eigenvalue weighted by Gasteiger charge is -2.14. The molecule has 0 unspecified atom stereocenters. The Labute approximate surface area is 124 Å². The molecule has 0 saturated heterocycles. The molecule has 1 heterocycles. The Kier molecular flexibility index (Phi) is 4.00. The third-order valence-corrected chi connectivity index (χ3v) is 3.00. The third kappa shape index (κ3) is 3.58. The van der Waals surface area contributed by atoms with Crippen LogP contribution in [0.15, 0.2) is 24.3 Å². The van der Waals surface area contributed by atoms with Gasteiger partial charge in [-0.2, -0.15) is 18.2 Å². The van der Waals surface area contributed by atoms with E-state index in [1.165, 1.54) is 0 Å². The summed E-state index contributed by atoms with van der Waals surface area (Å²) in [7, 11) is 0. The molecule has 1 aromatic heterocycles. The number of benzene rings is 1. The second kappa shape index (κ2) is 5.44. The number of alkyl halides is 3. The van der Waals surface area contributed by atoms with Crippen LogP contribution >= 0.6 is 11.6 Å². The van der Waals surface area contributed by atoms with Crippen molar-refractivity contribution < 1.29 is 17.9 Å². The number of nitrogens with two attached hydrogens (primary N) is 1. The second-order valence-corrected chi connectivity index (χ2v) is 5.02. The number of nitrogens with zero attached hydrogens (tertiary/aromatic N) is 1. The molecule has 0 aliphatic heterocycles. The molecule has 0 atom stereocenters. The van der Waals surface area contributed by atoms with Gasteiger partial charge in [-0.1, -0.05) is 11.6 Å². The fourth-order valence-electron chi connectivity index (χ4n) is 1.90. The van der Waals surface area contributed by atoms with E-state index in [-0.39, 0.29) is 11.7 Å². The first-order valence-electron chi connectivity index (χ1n) is 5.96. The topological polar surface area (TPSA) is 48.1 Å². The van der Waals surface area contributed by atoms with Crippen molar-refractivity contribution >= 4 is 17.4 Å². The minimum atomic E-state index is -4.51. The van der Waals surface area contributed by atoms with Crippen molar-refractivity contribution in [1.82, 2.24) is 4.98 Å². The van der Waals surface area contributed by atoms with E-state index in [1.54, 1.807) is 26.0 Å². The molecular weight excluding hydrogens is 305 g/mol. The summed E-state index contributed by atoms with van der Waals surface area (Å²) in [6.45, 7) is 3.48. The van der Waals surface area contributed by atoms with Crippen LogP contribution in [0.4, 0.5) is 19.0 Å². The molecule has 7 heteroatoms. The van der Waals surface area contributed by atoms with Crippen molar-refractivity contribution in [3.8, 4) is 11.6 Å². The van der Waals surface area contributed by atoms with Gasteiger partial charge in [0.05, 0.1) is 5.56 Å². The van der Waals surface area contributed by atoms with Crippen LogP contribution in [0, 0.1) is 13.8 Å². The summed E-state index contributed by atoms with van der Waals surface area (Å²) in [4.78, 5) is 3.77. The average Bonchev–Trinajstić information content (AvgIpc) is 2.32. The number of aromatic nitrogens is 1. The number of nitrogen functional groups attached to an aromatic ring is 1. The lowest BCUT2D eigenvalue weighted by atomic mass is 10.1. The number of ether oxygens (including phenoxy) is 1. The normalized spacial score (nSPS) is 11.5. The van der Waals surface area contributed by atoms with Gasteiger partial charge in [0.15, 0.2) is 0 Å². The van der Waals surface area contributed by atoms with Gasteiger partial charge in [-0.3, -0.25) is 0 Å². The molecule has 0 radical (unpaired) electrons. The first-order chi connectivity index (χ1) is 9.66. The molecule has 0 fully saturated rings. The molecule has 0 amide bonds. The third-order valence-electron chi connectivity index (χ3n) is 2.78. The van der Waals surface area contributed by atoms with Gasteiger partial charge < -0.3 is 10.5 Å². The lowest BCUT2D eigenvalue weighted by Crippen LogP contribution is -2.07. The minimum absolute atomic E-state index is 0.212. The Morgan fingerprint density at radius 3 is 2.19 bits per heavy atom. The quantitative estimate of drug-likeness (QED) is 0.870. The molecule has 2 N–H and O–H groups in total. The highest BCUT2D eigenvalue weighted by molar-refractivity contribution is 6.30. The molecule has 0 bridgehead atoms. The van der Waals surface area contributed by atoms with Crippen LogP contribution in [-0.4, -0.2) is 4.98 Å². The Hall–Kier alpha value is -1.95. The highest BCUT2D eigenvalue weighted by atomic mass is 35.5. The molecule has 112 valence electrons. The minimum Gasteiger partial charge on any atom is -0.438 e. The first-order valence-corrected chi connectivity index (χ1v) is 6.34. The molecular formula is C14H12ClF3N2O. The first kappa shape index (κ1) is 15.4. The van der Waals surface area contributed by atoms with E-state index in [2.05, 4.69) is 4.98 Å². The monoisotopic (exact) mass is 316 g/mol. The molecule has 0 aliphatic rings. The summed E-state index contributed by atoms with van der Waals surface area (Å²) in [5.41, 5.74) is 5.87. The summed E-state index contributed by atoms with van der Waals surface area (Å²) in [6, 6.07) is 4.87. The maximum atomic E-state index is 12.7. The summed E-state index contributed by atoms with van der Waals surface area (Å²) in [5.74, 6) is -0.0643. The molecule has 0 spiro atoms. The summed E-state index contributed by atoms with van der Waals surface area (Å²) in [5, 5.41) is 0.522. The van der Waals surface area contributed by atoms with Gasteiger partial charge in [-0.05, 0) is 43.2 Å². The van der Waals surface area contributed by atoms with E-state index < -0.39 is 11.7 Å². The Morgan fingerprint density at radius 2 is 1.67 bits per heavy atom. The Morgan fingerprint density at radius 1 is 1.10 bits per heavy atom. The predicted molar refractivity (Wildman–Crippen MR) is 74.7 cm³/mol. The number of hydrogen-bond acceptors (Lipinski definition) is 3. The molecule has 0 saturated carbocycles. The molecule has 2 aromatic rings. The Bertz CT molecular complexity index is 663. The van der Waals surface area contributed by atoms with Crippen molar-refractivity contribution in [1.29, 1.82) is 0 Å². The fraction of sp³-hybridized carbons (Fsp3) is 0.214. The number of pyridine rings is 1. The highest BCUT2D eigenvalue weighted by Gasteiger charge is 2.31. The van der Waals surface area contributed by atoms with E-state index in [1.807, 2.05) is 0 Å². The largest absolute Gasteiger partial charge is 0.438 e. The SMILES string of the molecule is Cc1cc(Cl)cc(C)c1Oc1cc(C(F)(F)F)cc(N)n1. The van der Waals surface area contributed by atoms with Gasteiger partial charge >= 0.3 is 6.18 Å². The van der Waals surface area contributed by atoms with Crippen molar-refractivity contribution in [2.75, 3.05) is 5.73 Å². The fourth-order valence-corrected chi connectivity index (χ4v) is 2.23. The van der Waals surface area contributed by atoms with E-state index >= 15 is 0 Å². The van der Waals surface area contributed by atoms with Crippen molar-refractivity contribution in [2.45, 2.75) is 20.0 Å². The Balaban J connectivity index is 2.43. The maximum Gasteiger partial charge on any atom is 0.416 e.